The molecule has 1 heterocycles. The number of H-pyrrole nitrogens is 1. The first-order chi connectivity index (χ1) is 7.42. The van der Waals surface area contributed by atoms with Gasteiger partial charge in [0, 0.05) is 17.1 Å². The van der Waals surface area contributed by atoms with E-state index in [9.17, 15) is 4.91 Å². The van der Waals surface area contributed by atoms with Gasteiger partial charge in [-0.15, -0.1) is 4.91 Å². The number of rotatable bonds is 1. The zero-order chi connectivity index (χ0) is 10.3. The van der Waals surface area contributed by atoms with Gasteiger partial charge in [-0.25, -0.2) is 0 Å². The molecule has 0 radical (unpaired) electrons. The lowest BCUT2D eigenvalue weighted by atomic mass is 10.1. The minimum absolute atomic E-state index is 0.501. The fraction of sp³-hybridized carbons (Fsp3) is 0. The van der Waals surface area contributed by atoms with Crippen LogP contribution in [0.25, 0.3) is 22.0 Å². The van der Waals surface area contributed by atoms with Crippen molar-refractivity contribution in [2.45, 2.75) is 0 Å². The Morgan fingerprint density at radius 2 is 1.80 bits per heavy atom. The lowest BCUT2D eigenvalue weighted by Crippen LogP contribution is -1.77. The smallest absolute Gasteiger partial charge is 0.139 e. The molecule has 0 saturated carbocycles. The van der Waals surface area contributed by atoms with Gasteiger partial charge >= 0.3 is 0 Å². The summed E-state index contributed by atoms with van der Waals surface area (Å²) in [6.07, 6.45) is 1.80. The molecule has 3 heteroatoms. The molecule has 0 atom stereocenters. The van der Waals surface area contributed by atoms with Gasteiger partial charge in [-0.05, 0) is 16.6 Å². The fourth-order valence-corrected chi connectivity index (χ4v) is 2.01. The number of hydrogen-bond acceptors (Lipinski definition) is 2. The molecular formula is C12H8N2O. The third kappa shape index (κ3) is 1.00. The molecule has 0 amide bonds. The third-order valence-corrected chi connectivity index (χ3v) is 2.66. The van der Waals surface area contributed by atoms with E-state index in [1.54, 1.807) is 6.20 Å². The summed E-state index contributed by atoms with van der Waals surface area (Å²) < 4.78 is 0. The van der Waals surface area contributed by atoms with E-state index in [0.29, 0.717) is 5.69 Å². The fourth-order valence-electron chi connectivity index (χ4n) is 2.01. The van der Waals surface area contributed by atoms with Crippen LogP contribution in [0.5, 0.6) is 0 Å². The van der Waals surface area contributed by atoms with E-state index in [2.05, 4.69) is 10.2 Å². The van der Waals surface area contributed by atoms with Crippen molar-refractivity contribution in [2.75, 3.05) is 0 Å². The summed E-state index contributed by atoms with van der Waals surface area (Å²) >= 11 is 0. The first kappa shape index (κ1) is 8.17. The average Bonchev–Trinajstić information content (AvgIpc) is 2.63. The van der Waals surface area contributed by atoms with Crippen molar-refractivity contribution in [3.05, 3.63) is 47.5 Å². The van der Waals surface area contributed by atoms with Gasteiger partial charge in [-0.2, -0.15) is 0 Å². The van der Waals surface area contributed by atoms with Crippen molar-refractivity contribution in [1.82, 2.24) is 4.98 Å². The number of pyridine rings is 1. The standard InChI is InChI=1S/C12H8N2O/c15-14-12-10-5-2-1-4-8(10)9-6-3-7-13-11(9)12/h1-7,13H. The topological polar surface area (TPSA) is 45.2 Å². The molecule has 1 N–H and O–H groups in total. The Hall–Kier alpha value is -2.16. The van der Waals surface area contributed by atoms with Crippen LogP contribution in [0, 0.1) is 4.91 Å². The monoisotopic (exact) mass is 196 g/mol. The summed E-state index contributed by atoms with van der Waals surface area (Å²) in [5.41, 5.74) is 2.36. The van der Waals surface area contributed by atoms with Crippen LogP contribution in [-0.2, 0) is 0 Å². The number of nitroso groups, excluding NO2 is 1. The molecule has 15 heavy (non-hydrogen) atoms. The largest absolute Gasteiger partial charge is 0.359 e. The van der Waals surface area contributed by atoms with Gasteiger partial charge in [0.05, 0.1) is 5.69 Å². The van der Waals surface area contributed by atoms with Crippen molar-refractivity contribution >= 4 is 16.5 Å². The van der Waals surface area contributed by atoms with Crippen LogP contribution in [0.4, 0.5) is 5.69 Å². The maximum Gasteiger partial charge on any atom is 0.139 e. The second-order valence-electron chi connectivity index (χ2n) is 3.44. The Morgan fingerprint density at radius 1 is 1.00 bits per heavy atom. The predicted octanol–water partition coefficient (Wildman–Crippen LogP) is 3.67. The highest BCUT2D eigenvalue weighted by Crippen LogP contribution is 2.42. The Labute approximate surface area is 86.1 Å². The lowest BCUT2D eigenvalue weighted by Gasteiger charge is -1.97. The maximum absolute atomic E-state index is 10.8. The maximum atomic E-state index is 10.8. The van der Waals surface area contributed by atoms with Gasteiger partial charge < -0.3 is 4.98 Å². The van der Waals surface area contributed by atoms with Crippen LogP contribution >= 0.6 is 0 Å². The van der Waals surface area contributed by atoms with Crippen molar-refractivity contribution in [3.63, 3.8) is 0 Å². The highest BCUT2D eigenvalue weighted by atomic mass is 16.3. The summed E-state index contributed by atoms with van der Waals surface area (Å²) in [5, 5.41) is 5.08. The molecule has 3 rings (SSSR count). The van der Waals surface area contributed by atoms with Crippen LogP contribution in [0.1, 0.15) is 0 Å². The molecule has 1 aromatic rings. The second-order valence-corrected chi connectivity index (χ2v) is 3.44. The molecule has 72 valence electrons. The molecule has 1 aromatic carbocycles. The van der Waals surface area contributed by atoms with Crippen molar-refractivity contribution in [2.24, 2.45) is 5.18 Å². The minimum atomic E-state index is 0.501. The lowest BCUT2D eigenvalue weighted by molar-refractivity contribution is 1.33. The predicted molar refractivity (Wildman–Crippen MR) is 60.4 cm³/mol. The Morgan fingerprint density at radius 3 is 2.60 bits per heavy atom. The number of nitrogens with one attached hydrogen (secondary N) is 1. The molecule has 0 unspecified atom stereocenters. The number of nitrogens with zero attached hydrogens (tertiary/aromatic N) is 1. The average molecular weight is 196 g/mol. The number of fused-ring (bicyclic) bond motifs is 3. The van der Waals surface area contributed by atoms with Crippen LogP contribution < -0.4 is 0 Å². The minimum Gasteiger partial charge on any atom is -0.359 e. The number of aromatic nitrogens is 1. The normalized spacial score (nSPS) is 10.9. The number of hydrogen-bond donors (Lipinski definition) is 1. The molecular weight excluding hydrogens is 188 g/mol. The van der Waals surface area contributed by atoms with E-state index in [4.69, 9.17) is 0 Å². The summed E-state index contributed by atoms with van der Waals surface area (Å²) in [7, 11) is 0. The van der Waals surface area contributed by atoms with Crippen LogP contribution in [0.15, 0.2) is 47.8 Å². The molecule has 0 aromatic heterocycles. The SMILES string of the molecule is O=Nc1c2[nH]cccc-2c2ccccc12. The van der Waals surface area contributed by atoms with E-state index in [-0.39, 0.29) is 0 Å². The van der Waals surface area contributed by atoms with Crippen LogP contribution in [0.3, 0.4) is 0 Å². The summed E-state index contributed by atoms with van der Waals surface area (Å²) in [5.74, 6) is 0. The van der Waals surface area contributed by atoms with Gasteiger partial charge in [0.15, 0.2) is 0 Å². The van der Waals surface area contributed by atoms with Gasteiger partial charge in [0.2, 0.25) is 0 Å². The quantitative estimate of drug-likeness (QED) is 0.593. The molecule has 3 nitrogen and oxygen atoms in total. The summed E-state index contributed by atoms with van der Waals surface area (Å²) in [6.45, 7) is 0. The molecule has 0 spiro atoms. The zero-order valence-corrected chi connectivity index (χ0v) is 7.90. The highest BCUT2D eigenvalue weighted by molar-refractivity contribution is 6.11. The number of aromatic amines is 1. The molecule has 0 bridgehead atoms. The number of benzene rings is 1. The Kier molecular flexibility index (Phi) is 1.59. The second kappa shape index (κ2) is 2.92. The third-order valence-electron chi connectivity index (χ3n) is 2.66. The van der Waals surface area contributed by atoms with E-state index in [0.717, 1.165) is 22.0 Å². The van der Waals surface area contributed by atoms with E-state index < -0.39 is 0 Å². The highest BCUT2D eigenvalue weighted by Gasteiger charge is 2.17. The van der Waals surface area contributed by atoms with Crippen molar-refractivity contribution in [3.8, 4) is 11.3 Å². The zero-order valence-electron chi connectivity index (χ0n) is 7.90. The van der Waals surface area contributed by atoms with Gasteiger partial charge in [-0.1, -0.05) is 30.3 Å². The summed E-state index contributed by atoms with van der Waals surface area (Å²) in [4.78, 5) is 13.9. The molecule has 0 saturated heterocycles. The van der Waals surface area contributed by atoms with E-state index >= 15 is 0 Å². The van der Waals surface area contributed by atoms with E-state index in [1.165, 1.54) is 0 Å². The Balaban J connectivity index is 2.60. The van der Waals surface area contributed by atoms with Crippen molar-refractivity contribution in [1.29, 1.82) is 0 Å². The van der Waals surface area contributed by atoms with Crippen LogP contribution in [0.2, 0.25) is 0 Å². The molecule has 2 aliphatic rings. The summed E-state index contributed by atoms with van der Waals surface area (Å²) in [6, 6.07) is 11.7. The first-order valence-electron chi connectivity index (χ1n) is 4.73. The first-order valence-corrected chi connectivity index (χ1v) is 4.73. The van der Waals surface area contributed by atoms with Gasteiger partial charge in [-0.3, -0.25) is 0 Å². The van der Waals surface area contributed by atoms with Gasteiger partial charge in [0.1, 0.15) is 5.69 Å². The molecule has 0 fully saturated rings. The van der Waals surface area contributed by atoms with Crippen molar-refractivity contribution < 1.29 is 0 Å². The van der Waals surface area contributed by atoms with E-state index in [1.807, 2.05) is 36.4 Å². The Bertz CT molecular complexity index is 612. The molecule has 1 aliphatic carbocycles. The molecule has 1 aliphatic heterocycles. The van der Waals surface area contributed by atoms with Gasteiger partial charge in [0.25, 0.3) is 0 Å². The van der Waals surface area contributed by atoms with Crippen LogP contribution in [-0.4, -0.2) is 4.98 Å².